The predicted octanol–water partition coefficient (Wildman–Crippen LogP) is 1.67. The minimum Gasteiger partial charge on any atom is -0.508 e. The van der Waals surface area contributed by atoms with Crippen LogP contribution in [0.3, 0.4) is 0 Å². The average molecular weight is 319 g/mol. The van der Waals surface area contributed by atoms with Crippen molar-refractivity contribution in [2.24, 2.45) is 0 Å². The lowest BCUT2D eigenvalue weighted by atomic mass is 9.95. The standard InChI is InChI=1S/C16H17NO4S/c1-17-13(10-11-6-2-4-8-14(11)18)16(19)12-7-3-5-9-15(12)22(17,20)21/h2-9,13,16,18-19H,10H2,1H3/t13-,16-/m1/s1. The lowest BCUT2D eigenvalue weighted by Crippen LogP contribution is -2.46. The molecule has 0 unspecified atom stereocenters. The quantitative estimate of drug-likeness (QED) is 0.883. The van der Waals surface area contributed by atoms with Crippen molar-refractivity contribution in [2.75, 3.05) is 7.05 Å². The van der Waals surface area contributed by atoms with E-state index >= 15 is 0 Å². The van der Waals surface area contributed by atoms with Gasteiger partial charge in [0, 0.05) is 12.6 Å². The van der Waals surface area contributed by atoms with Gasteiger partial charge in [0.05, 0.1) is 17.0 Å². The number of phenols is 1. The highest BCUT2D eigenvalue weighted by atomic mass is 32.2. The van der Waals surface area contributed by atoms with Gasteiger partial charge in [-0.2, -0.15) is 4.31 Å². The van der Waals surface area contributed by atoms with Crippen LogP contribution < -0.4 is 0 Å². The van der Waals surface area contributed by atoms with Crippen LogP contribution in [0.15, 0.2) is 53.4 Å². The van der Waals surface area contributed by atoms with Crippen molar-refractivity contribution in [3.05, 3.63) is 59.7 Å². The molecule has 0 fully saturated rings. The minimum absolute atomic E-state index is 0.0966. The topological polar surface area (TPSA) is 77.8 Å². The second-order valence-electron chi connectivity index (χ2n) is 5.40. The zero-order valence-corrected chi connectivity index (χ0v) is 12.9. The first-order chi connectivity index (χ1) is 10.4. The highest BCUT2D eigenvalue weighted by molar-refractivity contribution is 7.89. The molecule has 0 saturated carbocycles. The summed E-state index contributed by atoms with van der Waals surface area (Å²) in [4.78, 5) is 0.138. The first-order valence-corrected chi connectivity index (χ1v) is 8.39. The van der Waals surface area contributed by atoms with Crippen molar-refractivity contribution >= 4 is 10.0 Å². The third kappa shape index (κ3) is 2.29. The maximum Gasteiger partial charge on any atom is 0.243 e. The van der Waals surface area contributed by atoms with Gasteiger partial charge in [-0.05, 0) is 24.1 Å². The van der Waals surface area contributed by atoms with Crippen molar-refractivity contribution in [3.63, 3.8) is 0 Å². The van der Waals surface area contributed by atoms with Crippen LogP contribution in [0.1, 0.15) is 17.2 Å². The van der Waals surface area contributed by atoms with E-state index in [1.165, 1.54) is 17.4 Å². The molecule has 2 aromatic rings. The highest BCUT2D eigenvalue weighted by Crippen LogP contribution is 2.37. The van der Waals surface area contributed by atoms with Crippen LogP contribution in [-0.2, 0) is 16.4 Å². The van der Waals surface area contributed by atoms with Crippen molar-refractivity contribution < 1.29 is 18.6 Å². The summed E-state index contributed by atoms with van der Waals surface area (Å²) in [6.45, 7) is 0. The van der Waals surface area contributed by atoms with E-state index in [1.54, 1.807) is 42.5 Å². The zero-order valence-electron chi connectivity index (χ0n) is 12.0. The van der Waals surface area contributed by atoms with Crippen molar-refractivity contribution in [2.45, 2.75) is 23.5 Å². The summed E-state index contributed by atoms with van der Waals surface area (Å²) >= 11 is 0. The Balaban J connectivity index is 2.05. The number of benzene rings is 2. The molecule has 0 aromatic heterocycles. The van der Waals surface area contributed by atoms with Gasteiger partial charge < -0.3 is 10.2 Å². The van der Waals surface area contributed by atoms with Crippen LogP contribution in [0, 0.1) is 0 Å². The van der Waals surface area contributed by atoms with E-state index in [1.807, 2.05) is 0 Å². The largest absolute Gasteiger partial charge is 0.508 e. The molecule has 22 heavy (non-hydrogen) atoms. The van der Waals surface area contributed by atoms with Gasteiger partial charge >= 0.3 is 0 Å². The van der Waals surface area contributed by atoms with Gasteiger partial charge in [0.15, 0.2) is 0 Å². The minimum atomic E-state index is -3.64. The molecule has 5 nitrogen and oxygen atoms in total. The number of fused-ring (bicyclic) bond motifs is 1. The number of aliphatic hydroxyl groups excluding tert-OH is 1. The number of rotatable bonds is 2. The molecule has 0 spiro atoms. The number of sulfonamides is 1. The number of aliphatic hydroxyl groups is 1. The number of hydrogen-bond acceptors (Lipinski definition) is 4. The molecule has 6 heteroatoms. The van der Waals surface area contributed by atoms with E-state index in [4.69, 9.17) is 0 Å². The Kier molecular flexibility index (Phi) is 3.68. The fourth-order valence-electron chi connectivity index (χ4n) is 2.85. The summed E-state index contributed by atoms with van der Waals surface area (Å²) in [5.41, 5.74) is 1.01. The molecule has 1 aliphatic heterocycles. The Morgan fingerprint density at radius 1 is 1.09 bits per heavy atom. The Morgan fingerprint density at radius 3 is 2.45 bits per heavy atom. The number of aromatic hydroxyl groups is 1. The van der Waals surface area contributed by atoms with E-state index in [0.717, 1.165) is 0 Å². The molecule has 0 aliphatic carbocycles. The van der Waals surface area contributed by atoms with Gasteiger partial charge in [0.2, 0.25) is 10.0 Å². The van der Waals surface area contributed by atoms with Crippen LogP contribution in [0.25, 0.3) is 0 Å². The number of phenolic OH excluding ortho intramolecular Hbond substituents is 1. The summed E-state index contributed by atoms with van der Waals surface area (Å²) < 4.78 is 26.4. The second kappa shape index (κ2) is 5.39. The summed E-state index contributed by atoms with van der Waals surface area (Å²) in [5, 5.41) is 20.5. The van der Waals surface area contributed by atoms with Gasteiger partial charge in [0.25, 0.3) is 0 Å². The molecule has 3 rings (SSSR count). The second-order valence-corrected chi connectivity index (χ2v) is 7.37. The third-order valence-electron chi connectivity index (χ3n) is 4.15. The van der Waals surface area contributed by atoms with Gasteiger partial charge in [-0.25, -0.2) is 8.42 Å². The van der Waals surface area contributed by atoms with Crippen LogP contribution in [0.4, 0.5) is 0 Å². The predicted molar refractivity (Wildman–Crippen MR) is 81.9 cm³/mol. The fourth-order valence-corrected chi connectivity index (χ4v) is 4.44. The Bertz CT molecular complexity index is 803. The summed E-state index contributed by atoms with van der Waals surface area (Å²) in [5.74, 6) is 0.0966. The summed E-state index contributed by atoms with van der Waals surface area (Å²) in [6, 6.07) is 12.6. The number of nitrogens with zero attached hydrogens (tertiary/aromatic N) is 1. The van der Waals surface area contributed by atoms with Gasteiger partial charge in [-0.1, -0.05) is 36.4 Å². The van der Waals surface area contributed by atoms with E-state index in [-0.39, 0.29) is 17.1 Å². The Hall–Kier alpha value is -1.89. The SMILES string of the molecule is CN1[C@H](Cc2ccccc2O)[C@H](O)c2ccccc2S1(=O)=O. The monoisotopic (exact) mass is 319 g/mol. The van der Waals surface area contributed by atoms with Gasteiger partial charge in [0.1, 0.15) is 5.75 Å². The average Bonchev–Trinajstić information content (AvgIpc) is 2.52. The maximum atomic E-state index is 12.6. The van der Waals surface area contributed by atoms with Crippen LogP contribution in [0.5, 0.6) is 5.75 Å². The molecule has 1 heterocycles. The van der Waals surface area contributed by atoms with E-state index in [2.05, 4.69) is 0 Å². The zero-order chi connectivity index (χ0) is 15.9. The first-order valence-electron chi connectivity index (χ1n) is 6.95. The third-order valence-corrected chi connectivity index (χ3v) is 6.10. The van der Waals surface area contributed by atoms with E-state index < -0.39 is 22.2 Å². The van der Waals surface area contributed by atoms with Crippen molar-refractivity contribution in [3.8, 4) is 5.75 Å². The van der Waals surface area contributed by atoms with Crippen molar-refractivity contribution in [1.82, 2.24) is 4.31 Å². The van der Waals surface area contributed by atoms with Gasteiger partial charge in [-0.3, -0.25) is 0 Å². The van der Waals surface area contributed by atoms with Crippen LogP contribution >= 0.6 is 0 Å². The maximum absolute atomic E-state index is 12.6. The highest BCUT2D eigenvalue weighted by Gasteiger charge is 2.41. The molecule has 2 aromatic carbocycles. The van der Waals surface area contributed by atoms with E-state index in [0.29, 0.717) is 11.1 Å². The molecule has 116 valence electrons. The molecule has 2 atom stereocenters. The summed E-state index contributed by atoms with van der Waals surface area (Å²) in [7, 11) is -2.19. The molecule has 0 saturated heterocycles. The fraction of sp³-hybridized carbons (Fsp3) is 0.250. The Labute approximate surface area is 129 Å². The molecule has 0 radical (unpaired) electrons. The number of para-hydroxylation sites is 1. The van der Waals surface area contributed by atoms with Crippen LogP contribution in [-0.4, -0.2) is 36.0 Å². The van der Waals surface area contributed by atoms with Gasteiger partial charge in [-0.15, -0.1) is 0 Å². The Morgan fingerprint density at radius 2 is 1.73 bits per heavy atom. The molecular weight excluding hydrogens is 302 g/mol. The number of likely N-dealkylation sites (N-methyl/N-ethyl adjacent to an activating group) is 1. The number of hydrogen-bond donors (Lipinski definition) is 2. The first kappa shape index (κ1) is 15.0. The molecule has 0 amide bonds. The van der Waals surface area contributed by atoms with E-state index in [9.17, 15) is 18.6 Å². The smallest absolute Gasteiger partial charge is 0.243 e. The lowest BCUT2D eigenvalue weighted by molar-refractivity contribution is 0.0889. The van der Waals surface area contributed by atoms with Crippen molar-refractivity contribution in [1.29, 1.82) is 0 Å². The molecule has 0 bridgehead atoms. The lowest BCUT2D eigenvalue weighted by Gasteiger charge is -2.37. The molecule has 1 aliphatic rings. The molecular formula is C16H17NO4S. The van der Waals surface area contributed by atoms with Crippen LogP contribution in [0.2, 0.25) is 0 Å². The molecule has 2 N–H and O–H groups in total. The normalized spacial score (nSPS) is 23.9. The summed E-state index contributed by atoms with van der Waals surface area (Å²) in [6.07, 6.45) is -0.706.